The van der Waals surface area contributed by atoms with Gasteiger partial charge in [-0.25, -0.2) is 0 Å². The van der Waals surface area contributed by atoms with Gasteiger partial charge in [0.25, 0.3) is 0 Å². The van der Waals surface area contributed by atoms with Crippen LogP contribution in [0.5, 0.6) is 0 Å². The molecule has 142 valence electrons. The van der Waals surface area contributed by atoms with Crippen LogP contribution in [0.15, 0.2) is 109 Å². The van der Waals surface area contributed by atoms with Crippen molar-refractivity contribution in [1.29, 1.82) is 0 Å². The highest BCUT2D eigenvalue weighted by atomic mass is 15.0. The number of fused-ring (bicyclic) bond motifs is 4. The van der Waals surface area contributed by atoms with Crippen molar-refractivity contribution in [1.82, 2.24) is 4.57 Å². The van der Waals surface area contributed by atoms with Gasteiger partial charge in [-0.05, 0) is 46.8 Å². The highest BCUT2D eigenvalue weighted by molar-refractivity contribution is 6.11. The molecule has 0 spiro atoms. The van der Waals surface area contributed by atoms with E-state index in [1.54, 1.807) is 0 Å². The van der Waals surface area contributed by atoms with E-state index in [1.807, 2.05) is 12.1 Å². The smallest absolute Gasteiger partial charge is 0.0547 e. The third kappa shape index (κ3) is 2.51. The van der Waals surface area contributed by atoms with E-state index >= 15 is 0 Å². The fourth-order valence-electron chi connectivity index (χ4n) is 4.49. The Morgan fingerprint density at radius 1 is 0.500 bits per heavy atom. The number of nitrogens with zero attached hydrogens (tertiary/aromatic N) is 1. The molecule has 0 atom stereocenters. The maximum Gasteiger partial charge on any atom is 0.0547 e. The Balaban J connectivity index is 1.72. The maximum absolute atomic E-state index is 5.90. The Labute approximate surface area is 174 Å². The Bertz CT molecular complexity index is 1530. The summed E-state index contributed by atoms with van der Waals surface area (Å²) < 4.78 is 2.40. The first-order valence-electron chi connectivity index (χ1n) is 10.2. The zero-order valence-electron chi connectivity index (χ0n) is 16.4. The zero-order valence-corrected chi connectivity index (χ0v) is 16.4. The quantitative estimate of drug-likeness (QED) is 0.315. The molecule has 1 aromatic heterocycles. The van der Waals surface area contributed by atoms with Crippen molar-refractivity contribution in [3.8, 4) is 16.8 Å². The fraction of sp³-hybridized carbons (Fsp3) is 0. The average Bonchev–Trinajstić information content (AvgIpc) is 3.13. The summed E-state index contributed by atoms with van der Waals surface area (Å²) >= 11 is 0. The molecular weight excluding hydrogens is 364 g/mol. The van der Waals surface area contributed by atoms with Crippen LogP contribution in [0.3, 0.4) is 0 Å². The van der Waals surface area contributed by atoms with E-state index < -0.39 is 0 Å². The van der Waals surface area contributed by atoms with Crippen LogP contribution in [0.4, 0.5) is 5.69 Å². The first-order chi connectivity index (χ1) is 14.8. The van der Waals surface area contributed by atoms with E-state index in [0.29, 0.717) is 0 Å². The fourth-order valence-corrected chi connectivity index (χ4v) is 4.49. The number of rotatable bonds is 2. The Kier molecular flexibility index (Phi) is 3.65. The second-order valence-electron chi connectivity index (χ2n) is 7.70. The second kappa shape index (κ2) is 6.50. The van der Waals surface area contributed by atoms with Gasteiger partial charge in [0.2, 0.25) is 0 Å². The minimum Gasteiger partial charge on any atom is -0.399 e. The van der Waals surface area contributed by atoms with Gasteiger partial charge in [0, 0.05) is 21.8 Å². The minimum absolute atomic E-state index is 0.782. The molecule has 30 heavy (non-hydrogen) atoms. The van der Waals surface area contributed by atoms with Crippen molar-refractivity contribution in [3.63, 3.8) is 0 Å². The van der Waals surface area contributed by atoms with Gasteiger partial charge in [-0.1, -0.05) is 78.9 Å². The number of nitrogens with two attached hydrogens (primary N) is 1. The predicted molar refractivity (Wildman–Crippen MR) is 128 cm³/mol. The van der Waals surface area contributed by atoms with Gasteiger partial charge in [0.05, 0.1) is 16.7 Å². The highest BCUT2D eigenvalue weighted by Gasteiger charge is 2.14. The molecule has 0 saturated heterocycles. The summed E-state index contributed by atoms with van der Waals surface area (Å²) in [5.74, 6) is 0. The normalized spacial score (nSPS) is 11.5. The summed E-state index contributed by atoms with van der Waals surface area (Å²) in [4.78, 5) is 0. The molecular formula is C28H20N2. The van der Waals surface area contributed by atoms with Gasteiger partial charge in [-0.15, -0.1) is 0 Å². The topological polar surface area (TPSA) is 30.9 Å². The summed E-state index contributed by atoms with van der Waals surface area (Å²) in [5.41, 5.74) is 12.7. The number of benzene rings is 5. The van der Waals surface area contributed by atoms with Gasteiger partial charge in [-0.2, -0.15) is 0 Å². The number of hydrogen-bond donors (Lipinski definition) is 1. The average molecular weight is 384 g/mol. The third-order valence-corrected chi connectivity index (χ3v) is 5.93. The van der Waals surface area contributed by atoms with Gasteiger partial charge in [0.15, 0.2) is 0 Å². The molecule has 5 aromatic carbocycles. The molecule has 2 heteroatoms. The van der Waals surface area contributed by atoms with Gasteiger partial charge < -0.3 is 10.3 Å². The molecule has 0 aliphatic heterocycles. The lowest BCUT2D eigenvalue weighted by molar-refractivity contribution is 1.20. The molecule has 0 saturated carbocycles. The van der Waals surface area contributed by atoms with Crippen molar-refractivity contribution in [2.45, 2.75) is 0 Å². The maximum atomic E-state index is 5.90. The number of anilines is 1. The van der Waals surface area contributed by atoms with Crippen LogP contribution in [0, 0.1) is 0 Å². The lowest BCUT2D eigenvalue weighted by Gasteiger charge is -2.12. The van der Waals surface area contributed by atoms with E-state index in [1.165, 1.54) is 49.4 Å². The van der Waals surface area contributed by atoms with Gasteiger partial charge in [0.1, 0.15) is 0 Å². The van der Waals surface area contributed by atoms with Crippen LogP contribution >= 0.6 is 0 Å². The van der Waals surface area contributed by atoms with Crippen molar-refractivity contribution in [2.24, 2.45) is 0 Å². The molecule has 2 nitrogen and oxygen atoms in total. The molecule has 6 rings (SSSR count). The SMILES string of the molecule is Nc1ccc(-c2ccc3c4ccccc4n(-c4cccc5ccccc45)c3c2)cc1. The monoisotopic (exact) mass is 384 g/mol. The molecule has 0 aliphatic carbocycles. The molecule has 0 amide bonds. The summed E-state index contributed by atoms with van der Waals surface area (Å²) in [5, 5.41) is 5.03. The van der Waals surface area contributed by atoms with E-state index in [-0.39, 0.29) is 0 Å². The second-order valence-corrected chi connectivity index (χ2v) is 7.70. The standard InChI is InChI=1S/C28H20N2/c29-22-15-12-19(13-16-22)21-14-17-25-24-9-3-4-10-27(24)30(28(25)18-21)26-11-5-7-20-6-1-2-8-23(20)26/h1-18H,29H2. The molecule has 0 radical (unpaired) electrons. The van der Waals surface area contributed by atoms with Crippen LogP contribution in [0.1, 0.15) is 0 Å². The number of aromatic nitrogens is 1. The molecule has 0 aliphatic rings. The van der Waals surface area contributed by atoms with Crippen molar-refractivity contribution >= 4 is 38.3 Å². The molecule has 0 unspecified atom stereocenters. The Morgan fingerprint density at radius 3 is 2.03 bits per heavy atom. The first-order valence-corrected chi connectivity index (χ1v) is 10.2. The van der Waals surface area contributed by atoms with E-state index in [2.05, 4.69) is 102 Å². The van der Waals surface area contributed by atoms with Crippen molar-refractivity contribution in [2.75, 3.05) is 5.73 Å². The molecule has 6 aromatic rings. The number of para-hydroxylation sites is 1. The molecule has 0 fully saturated rings. The Hall–Kier alpha value is -4.04. The van der Waals surface area contributed by atoms with E-state index in [4.69, 9.17) is 5.73 Å². The molecule has 2 N–H and O–H groups in total. The van der Waals surface area contributed by atoms with Crippen molar-refractivity contribution in [3.05, 3.63) is 109 Å². The van der Waals surface area contributed by atoms with Crippen molar-refractivity contribution < 1.29 is 0 Å². The largest absolute Gasteiger partial charge is 0.399 e. The van der Waals surface area contributed by atoms with Crippen LogP contribution in [0.2, 0.25) is 0 Å². The summed E-state index contributed by atoms with van der Waals surface area (Å²) in [6, 6.07) is 38.6. The third-order valence-electron chi connectivity index (χ3n) is 5.93. The van der Waals surface area contributed by atoms with E-state index in [0.717, 1.165) is 5.69 Å². The number of nitrogen functional groups attached to an aromatic ring is 1. The van der Waals surface area contributed by atoms with Gasteiger partial charge in [-0.3, -0.25) is 0 Å². The van der Waals surface area contributed by atoms with Crippen LogP contribution in [-0.2, 0) is 0 Å². The zero-order chi connectivity index (χ0) is 20.1. The van der Waals surface area contributed by atoms with Gasteiger partial charge >= 0.3 is 0 Å². The summed E-state index contributed by atoms with van der Waals surface area (Å²) in [6.07, 6.45) is 0. The lowest BCUT2D eigenvalue weighted by Crippen LogP contribution is -1.95. The van der Waals surface area contributed by atoms with Crippen LogP contribution in [0.25, 0.3) is 49.4 Å². The predicted octanol–water partition coefficient (Wildman–Crippen LogP) is 7.19. The summed E-state index contributed by atoms with van der Waals surface area (Å²) in [6.45, 7) is 0. The molecule has 1 heterocycles. The van der Waals surface area contributed by atoms with E-state index in [9.17, 15) is 0 Å². The molecule has 0 bridgehead atoms. The first kappa shape index (κ1) is 16.9. The van der Waals surface area contributed by atoms with Crippen LogP contribution in [-0.4, -0.2) is 4.57 Å². The lowest BCUT2D eigenvalue weighted by atomic mass is 10.0. The minimum atomic E-state index is 0.782. The van der Waals surface area contributed by atoms with Crippen LogP contribution < -0.4 is 5.73 Å². The number of hydrogen-bond acceptors (Lipinski definition) is 1. The summed E-state index contributed by atoms with van der Waals surface area (Å²) in [7, 11) is 0. The Morgan fingerprint density at radius 2 is 1.17 bits per heavy atom. The highest BCUT2D eigenvalue weighted by Crippen LogP contribution is 2.36.